The van der Waals surface area contributed by atoms with E-state index in [2.05, 4.69) is 0 Å². The molecule has 0 atom stereocenters. The van der Waals surface area contributed by atoms with Crippen molar-refractivity contribution in [1.82, 2.24) is 0 Å². The summed E-state index contributed by atoms with van der Waals surface area (Å²) in [7, 11) is 0. The van der Waals surface area contributed by atoms with Crippen molar-refractivity contribution in [2.24, 2.45) is 0 Å². The Kier molecular flexibility index (Phi) is 15.7. The molecule has 0 aromatic carbocycles. The molecule has 0 N–H and O–H groups in total. The number of ether oxygens (including phenoxy) is 2. The Morgan fingerprint density at radius 3 is 0.545 bits per heavy atom. The lowest BCUT2D eigenvalue weighted by molar-refractivity contribution is 0.0968. The summed E-state index contributed by atoms with van der Waals surface area (Å²) in [5, 5.41) is 0. The molecule has 0 unspecified atom stereocenters. The van der Waals surface area contributed by atoms with Crippen molar-refractivity contribution in [3.05, 3.63) is 0 Å². The zero-order valence-corrected chi connectivity index (χ0v) is 15.0. The molecule has 132 valence electrons. The summed E-state index contributed by atoms with van der Waals surface area (Å²) in [4.78, 5) is 0. The third kappa shape index (κ3) is 14.8. The molecule has 0 bridgehead atoms. The molecule has 0 aromatic rings. The summed E-state index contributed by atoms with van der Waals surface area (Å²) < 4.78 is 10.0. The van der Waals surface area contributed by atoms with Crippen molar-refractivity contribution >= 4 is 0 Å². The Labute approximate surface area is 139 Å². The fourth-order valence-corrected chi connectivity index (χ4v) is 3.14. The van der Waals surface area contributed by atoms with Gasteiger partial charge in [0.15, 0.2) is 0 Å². The first-order valence-electron chi connectivity index (χ1n) is 10.2. The molecule has 2 saturated heterocycles. The molecule has 4 rings (SSSR count). The Bertz CT molecular complexity index is 130. The molecule has 2 nitrogen and oxygen atoms in total. The molecule has 0 amide bonds. The van der Waals surface area contributed by atoms with Crippen LogP contribution in [0.25, 0.3) is 0 Å². The SMILES string of the molecule is C1CCCC1.C1CCCCC1.C1CCOC1.C1CCOCC1. The minimum absolute atomic E-state index is 1.00. The van der Waals surface area contributed by atoms with Crippen LogP contribution in [0.1, 0.15) is 103 Å². The van der Waals surface area contributed by atoms with Crippen LogP contribution in [0.5, 0.6) is 0 Å². The zero-order valence-electron chi connectivity index (χ0n) is 15.0. The van der Waals surface area contributed by atoms with E-state index in [0.29, 0.717) is 0 Å². The van der Waals surface area contributed by atoms with Gasteiger partial charge in [0.25, 0.3) is 0 Å². The van der Waals surface area contributed by atoms with E-state index in [1.54, 1.807) is 0 Å². The lowest BCUT2D eigenvalue weighted by Crippen LogP contribution is -2.03. The van der Waals surface area contributed by atoms with Crippen LogP contribution < -0.4 is 0 Å². The second kappa shape index (κ2) is 17.3. The Morgan fingerprint density at radius 2 is 0.409 bits per heavy atom. The highest BCUT2D eigenvalue weighted by molar-refractivity contribution is 4.51. The van der Waals surface area contributed by atoms with Gasteiger partial charge < -0.3 is 9.47 Å². The van der Waals surface area contributed by atoms with Crippen LogP contribution >= 0.6 is 0 Å². The van der Waals surface area contributed by atoms with Crippen LogP contribution in [-0.2, 0) is 9.47 Å². The van der Waals surface area contributed by atoms with Crippen molar-refractivity contribution in [2.45, 2.75) is 103 Å². The van der Waals surface area contributed by atoms with Gasteiger partial charge in [-0.2, -0.15) is 0 Å². The van der Waals surface area contributed by atoms with Gasteiger partial charge >= 0.3 is 0 Å². The Morgan fingerprint density at radius 1 is 0.227 bits per heavy atom. The second-order valence-corrected chi connectivity index (χ2v) is 6.88. The minimum Gasteiger partial charge on any atom is -0.381 e. The number of hydrogen-bond acceptors (Lipinski definition) is 2. The van der Waals surface area contributed by atoms with E-state index >= 15 is 0 Å². The third-order valence-electron chi connectivity index (χ3n) is 4.65. The van der Waals surface area contributed by atoms with Crippen LogP contribution in [0.4, 0.5) is 0 Å². The molecule has 4 aliphatic rings. The molecule has 2 aliphatic heterocycles. The fourth-order valence-electron chi connectivity index (χ4n) is 3.14. The molecule has 2 saturated carbocycles. The van der Waals surface area contributed by atoms with E-state index in [1.807, 2.05) is 0 Å². The van der Waals surface area contributed by atoms with Gasteiger partial charge in [0.05, 0.1) is 0 Å². The van der Waals surface area contributed by atoms with E-state index < -0.39 is 0 Å². The van der Waals surface area contributed by atoms with Crippen molar-refractivity contribution < 1.29 is 9.47 Å². The highest BCUT2D eigenvalue weighted by Crippen LogP contribution is 2.15. The summed E-state index contributed by atoms with van der Waals surface area (Å²) in [6, 6.07) is 0. The minimum atomic E-state index is 1.00. The monoisotopic (exact) mass is 312 g/mol. The topological polar surface area (TPSA) is 18.5 Å². The van der Waals surface area contributed by atoms with Crippen molar-refractivity contribution in [1.29, 1.82) is 0 Å². The Hall–Kier alpha value is -0.0800. The van der Waals surface area contributed by atoms with E-state index in [1.165, 1.54) is 103 Å². The number of rotatable bonds is 0. The van der Waals surface area contributed by atoms with Crippen LogP contribution in [0.2, 0.25) is 0 Å². The van der Waals surface area contributed by atoms with Gasteiger partial charge in [-0.25, -0.2) is 0 Å². The lowest BCUT2D eigenvalue weighted by atomic mass is 10.0. The van der Waals surface area contributed by atoms with Gasteiger partial charge in [0, 0.05) is 26.4 Å². The summed E-state index contributed by atoms with van der Waals surface area (Å²) in [5.74, 6) is 0. The Balaban J connectivity index is 0.000000147. The summed E-state index contributed by atoms with van der Waals surface area (Å²) >= 11 is 0. The van der Waals surface area contributed by atoms with Crippen molar-refractivity contribution in [3.63, 3.8) is 0 Å². The predicted octanol–water partition coefficient (Wildman–Crippen LogP) is 6.27. The average Bonchev–Trinajstić information content (AvgIpc) is 3.37. The molecule has 22 heavy (non-hydrogen) atoms. The molecule has 4 fully saturated rings. The normalized spacial score (nSPS) is 24.0. The quantitative estimate of drug-likeness (QED) is 0.524. The maximum Gasteiger partial charge on any atom is 0.0466 e. The van der Waals surface area contributed by atoms with E-state index in [-0.39, 0.29) is 0 Å². The molecule has 0 radical (unpaired) electrons. The van der Waals surface area contributed by atoms with E-state index in [9.17, 15) is 0 Å². The largest absolute Gasteiger partial charge is 0.381 e. The zero-order chi connectivity index (χ0) is 15.6. The second-order valence-electron chi connectivity index (χ2n) is 6.88. The van der Waals surface area contributed by atoms with Crippen molar-refractivity contribution in [2.75, 3.05) is 26.4 Å². The van der Waals surface area contributed by atoms with Crippen LogP contribution in [0.15, 0.2) is 0 Å². The van der Waals surface area contributed by atoms with Crippen LogP contribution in [0.3, 0.4) is 0 Å². The molecular weight excluding hydrogens is 272 g/mol. The number of hydrogen-bond donors (Lipinski definition) is 0. The predicted molar refractivity (Wildman–Crippen MR) is 95.5 cm³/mol. The maximum absolute atomic E-state index is 5.07. The molecule has 0 spiro atoms. The first kappa shape index (κ1) is 20.0. The molecule has 2 heterocycles. The fraction of sp³-hybridized carbons (Fsp3) is 1.00. The molecule has 2 heteroatoms. The highest BCUT2D eigenvalue weighted by atomic mass is 16.5. The van der Waals surface area contributed by atoms with E-state index in [4.69, 9.17) is 9.47 Å². The van der Waals surface area contributed by atoms with Gasteiger partial charge in [-0.1, -0.05) is 70.6 Å². The van der Waals surface area contributed by atoms with Crippen LogP contribution in [0, 0.1) is 0 Å². The molecular formula is C20H40O2. The van der Waals surface area contributed by atoms with Gasteiger partial charge in [0.1, 0.15) is 0 Å². The average molecular weight is 313 g/mol. The summed E-state index contributed by atoms with van der Waals surface area (Å²) in [6.07, 6.45) is 23.0. The smallest absolute Gasteiger partial charge is 0.0466 e. The highest BCUT2D eigenvalue weighted by Gasteiger charge is 1.96. The summed E-state index contributed by atoms with van der Waals surface area (Å²) in [5.41, 5.74) is 0. The first-order valence-corrected chi connectivity index (χ1v) is 10.2. The van der Waals surface area contributed by atoms with Gasteiger partial charge in [-0.3, -0.25) is 0 Å². The van der Waals surface area contributed by atoms with E-state index in [0.717, 1.165) is 26.4 Å². The third-order valence-corrected chi connectivity index (χ3v) is 4.65. The van der Waals surface area contributed by atoms with Crippen LogP contribution in [-0.4, -0.2) is 26.4 Å². The van der Waals surface area contributed by atoms with Crippen molar-refractivity contribution in [3.8, 4) is 0 Å². The molecule has 2 aliphatic carbocycles. The first-order chi connectivity index (χ1) is 11.0. The van der Waals surface area contributed by atoms with Gasteiger partial charge in [-0.05, 0) is 32.1 Å². The maximum atomic E-state index is 5.07. The lowest BCUT2D eigenvalue weighted by Gasteiger charge is -2.08. The standard InChI is InChI=1S/C6H12.C5H10O.C5H10.C4H8O/c2*1-2-4-6-5-3-1;2*1-2-4-5-3-1/h1-6H2;1-5H2;1-5H2;1-4H2. The van der Waals surface area contributed by atoms with Gasteiger partial charge in [0.2, 0.25) is 0 Å². The van der Waals surface area contributed by atoms with Gasteiger partial charge in [-0.15, -0.1) is 0 Å². The summed E-state index contributed by atoms with van der Waals surface area (Å²) in [6.45, 7) is 4.00. The molecule has 0 aromatic heterocycles.